The fourth-order valence-electron chi connectivity index (χ4n) is 2.75. The van der Waals surface area contributed by atoms with Crippen LogP contribution in [0.1, 0.15) is 38.4 Å². The normalized spacial score (nSPS) is 19.9. The zero-order valence-electron chi connectivity index (χ0n) is 15.7. The van der Waals surface area contributed by atoms with Crippen molar-refractivity contribution >= 4 is 15.8 Å². The Morgan fingerprint density at radius 1 is 1.42 bits per heavy atom. The monoisotopic (exact) mass is 385 g/mol. The van der Waals surface area contributed by atoms with Crippen molar-refractivity contribution in [2.75, 3.05) is 31.7 Å². The minimum absolute atomic E-state index is 0.00635. The summed E-state index contributed by atoms with van der Waals surface area (Å²) in [4.78, 5) is 4.64. The molecule has 1 aromatic heterocycles. The maximum absolute atomic E-state index is 11.4. The van der Waals surface area contributed by atoms with Crippen molar-refractivity contribution < 1.29 is 17.6 Å². The van der Waals surface area contributed by atoms with Gasteiger partial charge in [-0.15, -0.1) is 0 Å². The molecule has 0 radical (unpaired) electrons. The van der Waals surface area contributed by atoms with Crippen LogP contribution in [-0.4, -0.2) is 58.2 Å². The number of nitrogens with one attached hydrogen (secondary N) is 2. The minimum Gasteiger partial charge on any atom is -0.469 e. The Hall–Kier alpha value is -1.54. The van der Waals surface area contributed by atoms with Gasteiger partial charge in [0.1, 0.15) is 15.6 Å². The number of hydrogen-bond acceptors (Lipinski definition) is 5. The molecule has 0 aliphatic carbocycles. The maximum Gasteiger partial charge on any atom is 0.191 e. The summed E-state index contributed by atoms with van der Waals surface area (Å²) in [5.74, 6) is 1.76. The van der Waals surface area contributed by atoms with Crippen molar-refractivity contribution in [1.29, 1.82) is 0 Å². The zero-order chi connectivity index (χ0) is 18.8. The summed E-state index contributed by atoms with van der Waals surface area (Å²) in [6.45, 7) is 4.06. The largest absolute Gasteiger partial charge is 0.469 e. The second-order valence-corrected chi connectivity index (χ2v) is 9.16. The summed E-state index contributed by atoms with van der Waals surface area (Å²) in [7, 11) is -2.96. The van der Waals surface area contributed by atoms with Crippen molar-refractivity contribution in [1.82, 2.24) is 10.6 Å². The Labute approximate surface area is 156 Å². The third-order valence-corrected chi connectivity index (χ3v) is 5.25. The summed E-state index contributed by atoms with van der Waals surface area (Å²) in [5.41, 5.74) is 0. The molecule has 2 heterocycles. The molecule has 2 rings (SSSR count). The molecule has 1 fully saturated rings. The first-order valence-corrected chi connectivity index (χ1v) is 11.3. The Morgan fingerprint density at radius 2 is 2.27 bits per heavy atom. The molecule has 26 heavy (non-hydrogen) atoms. The first-order valence-electron chi connectivity index (χ1n) is 9.29. The molecule has 0 bridgehead atoms. The summed E-state index contributed by atoms with van der Waals surface area (Å²) in [6, 6.07) is 3.82. The van der Waals surface area contributed by atoms with Crippen LogP contribution < -0.4 is 10.6 Å². The quantitative estimate of drug-likeness (QED) is 0.497. The summed E-state index contributed by atoms with van der Waals surface area (Å²) < 4.78 is 33.8. The van der Waals surface area contributed by atoms with Crippen LogP contribution in [0, 0.1) is 0 Å². The lowest BCUT2D eigenvalue weighted by atomic mass is 10.1. The van der Waals surface area contributed by atoms with Crippen LogP contribution in [-0.2, 0) is 21.0 Å². The molecule has 1 aliphatic rings. The number of aliphatic imine (C=N–C) groups is 1. The molecule has 148 valence electrons. The molecular formula is C18H31N3O4S. The fraction of sp³-hybridized carbons (Fsp3) is 0.722. The SMILES string of the molecule is CC(CCS(C)(=O)=O)NC(=NCC1CCCCO1)NCCc1ccco1. The van der Waals surface area contributed by atoms with Crippen LogP contribution in [0.25, 0.3) is 0 Å². The Kier molecular flexibility index (Phi) is 8.44. The predicted molar refractivity (Wildman–Crippen MR) is 103 cm³/mol. The smallest absolute Gasteiger partial charge is 0.191 e. The van der Waals surface area contributed by atoms with Gasteiger partial charge in [-0.1, -0.05) is 0 Å². The van der Waals surface area contributed by atoms with Crippen LogP contribution in [0.15, 0.2) is 27.8 Å². The van der Waals surface area contributed by atoms with Gasteiger partial charge in [0.05, 0.1) is 24.7 Å². The van der Waals surface area contributed by atoms with Crippen LogP contribution in [0.5, 0.6) is 0 Å². The molecule has 2 atom stereocenters. The fourth-order valence-corrected chi connectivity index (χ4v) is 3.53. The summed E-state index contributed by atoms with van der Waals surface area (Å²) in [5, 5.41) is 6.60. The van der Waals surface area contributed by atoms with E-state index in [-0.39, 0.29) is 17.9 Å². The van der Waals surface area contributed by atoms with E-state index >= 15 is 0 Å². The predicted octanol–water partition coefficient (Wildman–Crippen LogP) is 1.75. The molecule has 2 N–H and O–H groups in total. The van der Waals surface area contributed by atoms with E-state index in [1.807, 2.05) is 19.1 Å². The summed E-state index contributed by atoms with van der Waals surface area (Å²) in [6.07, 6.45) is 7.72. The van der Waals surface area contributed by atoms with Gasteiger partial charge in [-0.25, -0.2) is 8.42 Å². The second kappa shape index (κ2) is 10.6. The van der Waals surface area contributed by atoms with Gasteiger partial charge in [0.2, 0.25) is 0 Å². The summed E-state index contributed by atoms with van der Waals surface area (Å²) >= 11 is 0. The number of guanidine groups is 1. The van der Waals surface area contributed by atoms with Gasteiger partial charge >= 0.3 is 0 Å². The van der Waals surface area contributed by atoms with E-state index in [2.05, 4.69) is 15.6 Å². The molecule has 0 saturated carbocycles. The molecule has 1 aromatic rings. The standard InChI is InChI=1S/C18H31N3O4S/c1-15(9-13-26(2,22)23)21-18(19-10-8-16-7-5-12-24-16)20-14-17-6-3-4-11-25-17/h5,7,12,15,17H,3-4,6,8-11,13-14H2,1-2H3,(H2,19,20,21). The van der Waals surface area contributed by atoms with E-state index in [0.29, 0.717) is 25.5 Å². The first-order chi connectivity index (χ1) is 12.4. The highest BCUT2D eigenvalue weighted by Gasteiger charge is 2.14. The van der Waals surface area contributed by atoms with Crippen molar-refractivity contribution in [3.63, 3.8) is 0 Å². The average molecular weight is 386 g/mol. The van der Waals surface area contributed by atoms with Gasteiger partial charge in [0.15, 0.2) is 5.96 Å². The Morgan fingerprint density at radius 3 is 2.92 bits per heavy atom. The average Bonchev–Trinajstić information content (AvgIpc) is 3.11. The lowest BCUT2D eigenvalue weighted by Gasteiger charge is -2.22. The van der Waals surface area contributed by atoms with E-state index in [1.54, 1.807) is 6.26 Å². The van der Waals surface area contributed by atoms with Crippen LogP contribution >= 0.6 is 0 Å². The second-order valence-electron chi connectivity index (χ2n) is 6.90. The van der Waals surface area contributed by atoms with Crippen molar-refractivity contribution in [2.24, 2.45) is 4.99 Å². The number of nitrogens with zero attached hydrogens (tertiary/aromatic N) is 1. The van der Waals surface area contributed by atoms with Crippen molar-refractivity contribution in [2.45, 2.75) is 51.2 Å². The molecule has 0 amide bonds. The molecule has 8 heteroatoms. The number of ether oxygens (including phenoxy) is 1. The lowest BCUT2D eigenvalue weighted by molar-refractivity contribution is 0.0224. The van der Waals surface area contributed by atoms with Gasteiger partial charge in [0.25, 0.3) is 0 Å². The van der Waals surface area contributed by atoms with Gasteiger partial charge in [0, 0.05) is 31.9 Å². The molecule has 7 nitrogen and oxygen atoms in total. The van der Waals surface area contributed by atoms with Gasteiger partial charge < -0.3 is 19.8 Å². The van der Waals surface area contributed by atoms with E-state index in [1.165, 1.54) is 12.7 Å². The number of sulfone groups is 1. The highest BCUT2D eigenvalue weighted by Crippen LogP contribution is 2.12. The van der Waals surface area contributed by atoms with Crippen molar-refractivity contribution in [3.05, 3.63) is 24.2 Å². The van der Waals surface area contributed by atoms with E-state index in [9.17, 15) is 8.42 Å². The zero-order valence-corrected chi connectivity index (χ0v) is 16.6. The van der Waals surface area contributed by atoms with Crippen LogP contribution in [0.3, 0.4) is 0 Å². The van der Waals surface area contributed by atoms with E-state index in [0.717, 1.165) is 31.6 Å². The van der Waals surface area contributed by atoms with E-state index in [4.69, 9.17) is 9.15 Å². The highest BCUT2D eigenvalue weighted by atomic mass is 32.2. The third-order valence-electron chi connectivity index (χ3n) is 4.28. The number of furan rings is 1. The van der Waals surface area contributed by atoms with Crippen LogP contribution in [0.4, 0.5) is 0 Å². The topological polar surface area (TPSA) is 92.9 Å². The Balaban J connectivity index is 1.85. The maximum atomic E-state index is 11.4. The van der Waals surface area contributed by atoms with Gasteiger partial charge in [-0.2, -0.15) is 0 Å². The number of rotatable bonds is 9. The molecule has 1 aliphatic heterocycles. The molecule has 0 spiro atoms. The van der Waals surface area contributed by atoms with Gasteiger partial charge in [-0.3, -0.25) is 4.99 Å². The van der Waals surface area contributed by atoms with E-state index < -0.39 is 9.84 Å². The minimum atomic E-state index is -2.96. The highest BCUT2D eigenvalue weighted by molar-refractivity contribution is 7.90. The first kappa shape index (κ1) is 20.8. The third kappa shape index (κ3) is 8.71. The lowest BCUT2D eigenvalue weighted by Crippen LogP contribution is -2.44. The van der Waals surface area contributed by atoms with Gasteiger partial charge in [-0.05, 0) is 44.7 Å². The molecule has 0 aromatic carbocycles. The van der Waals surface area contributed by atoms with Crippen molar-refractivity contribution in [3.8, 4) is 0 Å². The molecule has 1 saturated heterocycles. The van der Waals surface area contributed by atoms with Crippen LogP contribution in [0.2, 0.25) is 0 Å². The Bertz CT molecular complexity index is 637. The molecule has 2 unspecified atom stereocenters. The number of hydrogen-bond donors (Lipinski definition) is 2. The molecular weight excluding hydrogens is 354 g/mol.